The molecular formula is C36H39FN2O4. The van der Waals surface area contributed by atoms with Crippen LogP contribution in [0.4, 0.5) is 10.1 Å². The number of piperidine rings is 1. The highest BCUT2D eigenvalue weighted by atomic mass is 19.1. The first kappa shape index (κ1) is 29.1. The summed E-state index contributed by atoms with van der Waals surface area (Å²) in [6.45, 7) is 2.52. The monoisotopic (exact) mass is 582 g/mol. The lowest BCUT2D eigenvalue weighted by molar-refractivity contribution is -0.184. The van der Waals surface area contributed by atoms with Crippen LogP contribution in [0.1, 0.15) is 36.8 Å². The Balaban J connectivity index is 1.17. The molecule has 6 nitrogen and oxygen atoms in total. The lowest BCUT2D eigenvalue weighted by Crippen LogP contribution is -2.50. The number of nitrogens with zero attached hydrogens (tertiary/aromatic N) is 2. The van der Waals surface area contributed by atoms with E-state index < -0.39 is 0 Å². The quantitative estimate of drug-likeness (QED) is 0.169. The van der Waals surface area contributed by atoms with Gasteiger partial charge >= 0.3 is 0 Å². The van der Waals surface area contributed by atoms with Crippen molar-refractivity contribution in [1.29, 1.82) is 0 Å². The fourth-order valence-electron chi connectivity index (χ4n) is 6.57. The van der Waals surface area contributed by atoms with Crippen LogP contribution in [0.15, 0.2) is 91.0 Å². The summed E-state index contributed by atoms with van der Waals surface area (Å²) in [5.41, 5.74) is 4.35. The van der Waals surface area contributed by atoms with Gasteiger partial charge in [0.1, 0.15) is 19.0 Å². The van der Waals surface area contributed by atoms with Gasteiger partial charge in [0.05, 0.1) is 0 Å². The van der Waals surface area contributed by atoms with Gasteiger partial charge in [-0.15, -0.1) is 0 Å². The van der Waals surface area contributed by atoms with Crippen LogP contribution in [0.2, 0.25) is 0 Å². The Morgan fingerprint density at radius 1 is 0.791 bits per heavy atom. The van der Waals surface area contributed by atoms with E-state index in [9.17, 15) is 0 Å². The number of pyridine rings is 1. The van der Waals surface area contributed by atoms with Gasteiger partial charge in [-0.1, -0.05) is 60.7 Å². The van der Waals surface area contributed by atoms with Crippen LogP contribution in [-0.4, -0.2) is 38.6 Å². The van der Waals surface area contributed by atoms with Crippen LogP contribution >= 0.6 is 0 Å². The van der Waals surface area contributed by atoms with Crippen LogP contribution in [0.3, 0.4) is 0 Å². The Morgan fingerprint density at radius 2 is 1.40 bits per heavy atom. The molecule has 4 aromatic rings. The van der Waals surface area contributed by atoms with Gasteiger partial charge in [0, 0.05) is 56.1 Å². The zero-order chi connectivity index (χ0) is 29.6. The maximum atomic E-state index is 15.8. The highest BCUT2D eigenvalue weighted by molar-refractivity contribution is 5.72. The molecule has 0 amide bonds. The van der Waals surface area contributed by atoms with Crippen LogP contribution in [-0.2, 0) is 22.7 Å². The van der Waals surface area contributed by atoms with Crippen LogP contribution in [0.5, 0.6) is 11.8 Å². The van der Waals surface area contributed by atoms with Crippen molar-refractivity contribution >= 4 is 5.69 Å². The normalized spacial score (nSPS) is 16.3. The predicted molar refractivity (Wildman–Crippen MR) is 166 cm³/mol. The van der Waals surface area contributed by atoms with Crippen molar-refractivity contribution < 1.29 is 23.3 Å². The zero-order valence-electron chi connectivity index (χ0n) is 24.9. The largest absolute Gasteiger partial charge is 0.473 e. The summed E-state index contributed by atoms with van der Waals surface area (Å²) in [5.74, 6) is 0.926. The Kier molecular flexibility index (Phi) is 8.91. The Labute approximate surface area is 253 Å². The summed E-state index contributed by atoms with van der Waals surface area (Å²) in [5, 5.41) is 0. The van der Waals surface area contributed by atoms with E-state index in [1.807, 2.05) is 78.9 Å². The molecule has 1 spiro atoms. The van der Waals surface area contributed by atoms with Crippen molar-refractivity contribution in [3.05, 3.63) is 108 Å². The van der Waals surface area contributed by atoms with Crippen molar-refractivity contribution in [2.45, 2.75) is 45.2 Å². The standard InChI is InChI=1S/C36H39FN2O4/c1-40-35(41-2)28-22-36(23-28)17-19-39(20-18-36)29-13-14-30(32(37)21-29)31-15-16-33(42-24-26-9-5-3-6-10-26)38-34(31)43-25-27-11-7-4-8-12-27/h3-16,21,28,35H,17-20,22-25H2,1-2H3. The molecule has 2 fully saturated rings. The van der Waals surface area contributed by atoms with E-state index in [1.54, 1.807) is 26.4 Å². The third-order valence-corrected chi connectivity index (χ3v) is 8.95. The molecule has 6 rings (SSSR count). The van der Waals surface area contributed by atoms with E-state index in [2.05, 4.69) is 9.88 Å². The second-order valence-corrected chi connectivity index (χ2v) is 11.7. The molecule has 1 aliphatic carbocycles. The van der Waals surface area contributed by atoms with Gasteiger partial charge in [0.2, 0.25) is 11.8 Å². The highest BCUT2D eigenvalue weighted by Crippen LogP contribution is 2.54. The fraction of sp³-hybridized carbons (Fsp3) is 0.361. The second kappa shape index (κ2) is 13.1. The van der Waals surface area contributed by atoms with Gasteiger partial charge < -0.3 is 23.8 Å². The summed E-state index contributed by atoms with van der Waals surface area (Å²) < 4.78 is 38.9. The molecule has 2 aliphatic rings. The molecule has 0 unspecified atom stereocenters. The fourth-order valence-corrected chi connectivity index (χ4v) is 6.57. The van der Waals surface area contributed by atoms with Crippen LogP contribution in [0.25, 0.3) is 11.1 Å². The number of anilines is 1. The average Bonchev–Trinajstić information content (AvgIpc) is 3.04. The zero-order valence-corrected chi connectivity index (χ0v) is 24.9. The third-order valence-electron chi connectivity index (χ3n) is 8.95. The Bertz CT molecular complexity index is 1480. The first-order chi connectivity index (χ1) is 21.1. The Hall–Kier alpha value is -3.94. The van der Waals surface area contributed by atoms with Crippen LogP contribution < -0.4 is 14.4 Å². The number of rotatable bonds is 11. The minimum atomic E-state index is -0.297. The molecule has 1 aromatic heterocycles. The van der Waals surface area contributed by atoms with E-state index in [0.717, 1.165) is 55.6 Å². The van der Waals surface area contributed by atoms with E-state index in [0.29, 0.717) is 47.4 Å². The number of ether oxygens (including phenoxy) is 4. The van der Waals surface area contributed by atoms with Gasteiger partial charge in [-0.2, -0.15) is 4.98 Å². The SMILES string of the molecule is COC(OC)C1CC2(CCN(c3ccc(-c4ccc(OCc5ccccc5)nc4OCc4ccccc4)c(F)c3)CC2)C1. The van der Waals surface area contributed by atoms with Crippen LogP contribution in [0, 0.1) is 17.2 Å². The minimum Gasteiger partial charge on any atom is -0.473 e. The molecular weight excluding hydrogens is 543 g/mol. The lowest BCUT2D eigenvalue weighted by Gasteiger charge is -2.54. The van der Waals surface area contributed by atoms with Crippen molar-refractivity contribution in [3.63, 3.8) is 0 Å². The maximum Gasteiger partial charge on any atom is 0.225 e. The molecule has 2 heterocycles. The molecule has 224 valence electrons. The number of aromatic nitrogens is 1. The van der Waals surface area contributed by atoms with Gasteiger partial charge in [-0.25, -0.2) is 4.39 Å². The molecule has 1 saturated carbocycles. The molecule has 3 aromatic carbocycles. The number of hydrogen-bond acceptors (Lipinski definition) is 6. The summed E-state index contributed by atoms with van der Waals surface area (Å²) in [7, 11) is 3.42. The number of methoxy groups -OCH3 is 2. The smallest absolute Gasteiger partial charge is 0.225 e. The topological polar surface area (TPSA) is 53.1 Å². The first-order valence-corrected chi connectivity index (χ1v) is 15.0. The lowest BCUT2D eigenvalue weighted by atomic mass is 9.57. The first-order valence-electron chi connectivity index (χ1n) is 15.0. The molecule has 0 N–H and O–H groups in total. The molecule has 0 atom stereocenters. The van der Waals surface area contributed by atoms with E-state index >= 15 is 4.39 Å². The molecule has 1 saturated heterocycles. The predicted octanol–water partition coefficient (Wildman–Crippen LogP) is 7.66. The van der Waals surface area contributed by atoms with Crippen molar-refractivity contribution in [1.82, 2.24) is 4.98 Å². The van der Waals surface area contributed by atoms with Crippen molar-refractivity contribution in [3.8, 4) is 22.9 Å². The van der Waals surface area contributed by atoms with Gasteiger partial charge in [0.15, 0.2) is 6.29 Å². The summed E-state index contributed by atoms with van der Waals surface area (Å²) >= 11 is 0. The van der Waals surface area contributed by atoms with Gasteiger partial charge in [0.25, 0.3) is 0 Å². The Morgan fingerprint density at radius 3 is 2.00 bits per heavy atom. The number of benzene rings is 3. The van der Waals surface area contributed by atoms with Gasteiger partial charge in [-0.3, -0.25) is 0 Å². The molecule has 0 radical (unpaired) electrons. The summed E-state index contributed by atoms with van der Waals surface area (Å²) in [6.07, 6.45) is 4.33. The second-order valence-electron chi connectivity index (χ2n) is 11.7. The minimum absolute atomic E-state index is 0.120. The molecule has 43 heavy (non-hydrogen) atoms. The highest BCUT2D eigenvalue weighted by Gasteiger charge is 2.48. The third kappa shape index (κ3) is 6.68. The summed E-state index contributed by atoms with van der Waals surface area (Å²) in [6, 6.07) is 28.9. The van der Waals surface area contributed by atoms with Crippen molar-refractivity contribution in [2.75, 3.05) is 32.2 Å². The summed E-state index contributed by atoms with van der Waals surface area (Å²) in [4.78, 5) is 6.95. The van der Waals surface area contributed by atoms with E-state index in [-0.39, 0.29) is 12.1 Å². The number of halogens is 1. The van der Waals surface area contributed by atoms with E-state index in [1.165, 1.54) is 0 Å². The molecule has 1 aliphatic heterocycles. The number of hydrogen-bond donors (Lipinski definition) is 0. The average molecular weight is 583 g/mol. The van der Waals surface area contributed by atoms with E-state index in [4.69, 9.17) is 18.9 Å². The molecule has 0 bridgehead atoms. The maximum absolute atomic E-state index is 15.8. The van der Waals surface area contributed by atoms with Crippen molar-refractivity contribution in [2.24, 2.45) is 11.3 Å². The van der Waals surface area contributed by atoms with Gasteiger partial charge in [-0.05, 0) is 66.5 Å². The molecule has 7 heteroatoms.